The van der Waals surface area contributed by atoms with Gasteiger partial charge in [-0.3, -0.25) is 4.79 Å². The summed E-state index contributed by atoms with van der Waals surface area (Å²) in [7, 11) is -2.08. The normalized spacial score (nSPS) is 13.1. The van der Waals surface area contributed by atoms with Crippen LogP contribution in [0.3, 0.4) is 0 Å². The molecule has 1 aromatic rings. The second kappa shape index (κ2) is 8.06. The second-order valence-electron chi connectivity index (χ2n) is 4.64. The van der Waals surface area contributed by atoms with Crippen LogP contribution in [0.2, 0.25) is 0 Å². The molecule has 1 rings (SSSR count). The smallest absolute Gasteiger partial charge is 0.305 e. The number of nitrogens with one attached hydrogen (secondary N) is 1. The van der Waals surface area contributed by atoms with Crippen molar-refractivity contribution in [3.05, 3.63) is 24.2 Å². The molecule has 1 atom stereocenters. The van der Waals surface area contributed by atoms with E-state index >= 15 is 0 Å². The van der Waals surface area contributed by atoms with Gasteiger partial charge in [0.05, 0.1) is 19.1 Å². The predicted octanol–water partition coefficient (Wildman–Crippen LogP) is 1.47. The molecule has 0 radical (unpaired) electrons. The quantitative estimate of drug-likeness (QED) is 0.698. The molecule has 1 aromatic heterocycles. The van der Waals surface area contributed by atoms with Gasteiger partial charge in [0.25, 0.3) is 0 Å². The molecular formula is C13H21NO5S. The fraction of sp³-hybridized carbons (Fsp3) is 0.615. The lowest BCUT2D eigenvalue weighted by Gasteiger charge is -2.13. The summed E-state index contributed by atoms with van der Waals surface area (Å²) in [6.45, 7) is 1.81. The molecule has 0 saturated carbocycles. The molecule has 1 heterocycles. The molecule has 0 saturated heterocycles. The Morgan fingerprint density at radius 1 is 1.50 bits per heavy atom. The van der Waals surface area contributed by atoms with Crippen LogP contribution in [0.4, 0.5) is 0 Å². The minimum Gasteiger partial charge on any atom is -0.469 e. The summed E-state index contributed by atoms with van der Waals surface area (Å²) in [4.78, 5) is 10.9. The van der Waals surface area contributed by atoms with Crippen LogP contribution >= 0.6 is 0 Å². The van der Waals surface area contributed by atoms with Gasteiger partial charge in [0.1, 0.15) is 5.76 Å². The maximum Gasteiger partial charge on any atom is 0.305 e. The molecule has 0 aliphatic rings. The highest BCUT2D eigenvalue weighted by molar-refractivity contribution is 7.89. The molecule has 114 valence electrons. The van der Waals surface area contributed by atoms with Gasteiger partial charge in [-0.05, 0) is 31.9 Å². The SMILES string of the molecule is COC(=O)CCCS(=O)(=O)NC(C)CCc1ccco1. The third kappa shape index (κ3) is 6.72. The van der Waals surface area contributed by atoms with Crippen LogP contribution in [-0.4, -0.2) is 33.3 Å². The number of hydrogen-bond donors (Lipinski definition) is 1. The number of furan rings is 1. The Balaban J connectivity index is 2.28. The third-order valence-electron chi connectivity index (χ3n) is 2.81. The monoisotopic (exact) mass is 303 g/mol. The molecule has 0 spiro atoms. The maximum atomic E-state index is 11.8. The van der Waals surface area contributed by atoms with Crippen LogP contribution in [0, 0.1) is 0 Å². The van der Waals surface area contributed by atoms with Gasteiger partial charge in [-0.2, -0.15) is 0 Å². The highest BCUT2D eigenvalue weighted by Crippen LogP contribution is 2.07. The zero-order chi connectivity index (χ0) is 15.0. The molecule has 0 aromatic carbocycles. The van der Waals surface area contributed by atoms with Crippen molar-refractivity contribution < 1.29 is 22.4 Å². The van der Waals surface area contributed by atoms with Gasteiger partial charge >= 0.3 is 5.97 Å². The van der Waals surface area contributed by atoms with Crippen molar-refractivity contribution in [3.63, 3.8) is 0 Å². The molecule has 0 aliphatic carbocycles. The van der Waals surface area contributed by atoms with Crippen molar-refractivity contribution >= 4 is 16.0 Å². The first kappa shape index (κ1) is 16.7. The zero-order valence-electron chi connectivity index (χ0n) is 11.8. The Labute approximate surface area is 119 Å². The lowest BCUT2D eigenvalue weighted by Crippen LogP contribution is -2.34. The van der Waals surface area contributed by atoms with E-state index in [9.17, 15) is 13.2 Å². The Morgan fingerprint density at radius 3 is 2.85 bits per heavy atom. The first-order valence-corrected chi connectivity index (χ1v) is 8.17. The number of sulfonamides is 1. The number of hydrogen-bond acceptors (Lipinski definition) is 5. The van der Waals surface area contributed by atoms with Crippen molar-refractivity contribution in [1.29, 1.82) is 0 Å². The van der Waals surface area contributed by atoms with E-state index in [0.717, 1.165) is 5.76 Å². The highest BCUT2D eigenvalue weighted by atomic mass is 32.2. The zero-order valence-corrected chi connectivity index (χ0v) is 12.6. The largest absolute Gasteiger partial charge is 0.469 e. The lowest BCUT2D eigenvalue weighted by molar-refractivity contribution is -0.140. The first-order chi connectivity index (χ1) is 9.43. The number of aryl methyl sites for hydroxylation is 1. The number of ether oxygens (including phenoxy) is 1. The van der Waals surface area contributed by atoms with E-state index in [4.69, 9.17) is 4.42 Å². The first-order valence-electron chi connectivity index (χ1n) is 6.52. The van der Waals surface area contributed by atoms with E-state index in [-0.39, 0.29) is 24.6 Å². The molecule has 7 heteroatoms. The summed E-state index contributed by atoms with van der Waals surface area (Å²) in [5.41, 5.74) is 0. The van der Waals surface area contributed by atoms with Crippen LogP contribution in [0.1, 0.15) is 31.9 Å². The summed E-state index contributed by atoms with van der Waals surface area (Å²) in [6.07, 6.45) is 3.30. The molecule has 0 amide bonds. The van der Waals surface area contributed by atoms with E-state index in [2.05, 4.69) is 9.46 Å². The molecule has 1 unspecified atom stereocenters. The van der Waals surface area contributed by atoms with Gasteiger partial charge in [-0.15, -0.1) is 0 Å². The van der Waals surface area contributed by atoms with Crippen molar-refractivity contribution in [2.24, 2.45) is 0 Å². The van der Waals surface area contributed by atoms with Crippen molar-refractivity contribution in [2.75, 3.05) is 12.9 Å². The van der Waals surface area contributed by atoms with Crippen molar-refractivity contribution in [3.8, 4) is 0 Å². The predicted molar refractivity (Wildman–Crippen MR) is 74.7 cm³/mol. The second-order valence-corrected chi connectivity index (χ2v) is 6.51. The van der Waals surface area contributed by atoms with E-state index in [1.165, 1.54) is 7.11 Å². The summed E-state index contributed by atoms with van der Waals surface area (Å²) < 4.78 is 35.8. The average molecular weight is 303 g/mol. The van der Waals surface area contributed by atoms with E-state index in [1.807, 2.05) is 6.07 Å². The molecule has 0 aliphatic heterocycles. The van der Waals surface area contributed by atoms with Crippen molar-refractivity contribution in [1.82, 2.24) is 4.72 Å². The third-order valence-corrected chi connectivity index (χ3v) is 4.39. The van der Waals surface area contributed by atoms with Gasteiger partial charge < -0.3 is 9.15 Å². The van der Waals surface area contributed by atoms with Crippen LogP contribution in [0.5, 0.6) is 0 Å². The number of carbonyl (C=O) groups excluding carboxylic acids is 1. The summed E-state index contributed by atoms with van der Waals surface area (Å²) in [5, 5.41) is 0. The lowest BCUT2D eigenvalue weighted by atomic mass is 10.2. The highest BCUT2D eigenvalue weighted by Gasteiger charge is 2.15. The molecular weight excluding hydrogens is 282 g/mol. The van der Waals surface area contributed by atoms with Crippen LogP contribution in [0.25, 0.3) is 0 Å². The molecule has 6 nitrogen and oxygen atoms in total. The minimum atomic E-state index is -3.36. The van der Waals surface area contributed by atoms with E-state index in [1.54, 1.807) is 19.3 Å². The van der Waals surface area contributed by atoms with Crippen LogP contribution in [0.15, 0.2) is 22.8 Å². The minimum absolute atomic E-state index is 0.0762. The maximum absolute atomic E-state index is 11.8. The molecule has 20 heavy (non-hydrogen) atoms. The van der Waals surface area contributed by atoms with Crippen LogP contribution < -0.4 is 4.72 Å². The summed E-state index contributed by atoms with van der Waals surface area (Å²) in [6, 6.07) is 3.48. The summed E-state index contributed by atoms with van der Waals surface area (Å²) in [5.74, 6) is 0.362. The van der Waals surface area contributed by atoms with Gasteiger partial charge in [0, 0.05) is 18.9 Å². The molecule has 0 bridgehead atoms. The Hall–Kier alpha value is -1.34. The molecule has 1 N–H and O–H groups in total. The Kier molecular flexibility index (Phi) is 6.74. The standard InChI is InChI=1S/C13H21NO5S/c1-11(7-8-12-5-3-9-19-12)14-20(16,17)10-4-6-13(15)18-2/h3,5,9,11,14H,4,6-8,10H2,1-2H3. The van der Waals surface area contributed by atoms with Gasteiger partial charge in [-0.25, -0.2) is 13.1 Å². The van der Waals surface area contributed by atoms with Gasteiger partial charge in [0.2, 0.25) is 10.0 Å². The fourth-order valence-electron chi connectivity index (χ4n) is 1.75. The number of carbonyl (C=O) groups is 1. The van der Waals surface area contributed by atoms with E-state index < -0.39 is 16.0 Å². The van der Waals surface area contributed by atoms with Crippen LogP contribution in [-0.2, 0) is 26.0 Å². The Morgan fingerprint density at radius 2 is 2.25 bits per heavy atom. The number of methoxy groups -OCH3 is 1. The fourth-order valence-corrected chi connectivity index (χ4v) is 3.12. The number of esters is 1. The van der Waals surface area contributed by atoms with Gasteiger partial charge in [0.15, 0.2) is 0 Å². The average Bonchev–Trinajstić information content (AvgIpc) is 2.88. The number of rotatable bonds is 9. The topological polar surface area (TPSA) is 85.6 Å². The van der Waals surface area contributed by atoms with Gasteiger partial charge in [-0.1, -0.05) is 0 Å². The summed E-state index contributed by atoms with van der Waals surface area (Å²) >= 11 is 0. The van der Waals surface area contributed by atoms with Crippen molar-refractivity contribution in [2.45, 2.75) is 38.6 Å². The Bertz CT molecular complexity index is 495. The van der Waals surface area contributed by atoms with E-state index in [0.29, 0.717) is 12.8 Å². The molecule has 0 fully saturated rings.